The minimum atomic E-state index is -0.210. The van der Waals surface area contributed by atoms with Crippen molar-refractivity contribution in [1.82, 2.24) is 10.3 Å². The summed E-state index contributed by atoms with van der Waals surface area (Å²) in [6.07, 6.45) is 3.53. The van der Waals surface area contributed by atoms with Gasteiger partial charge in [-0.05, 0) is 63.8 Å². The van der Waals surface area contributed by atoms with Crippen molar-refractivity contribution in [2.45, 2.75) is 53.1 Å². The Kier molecular flexibility index (Phi) is 6.37. The van der Waals surface area contributed by atoms with E-state index in [1.54, 1.807) is 6.26 Å². The molecule has 1 saturated heterocycles. The highest BCUT2D eigenvalue weighted by Gasteiger charge is 2.26. The van der Waals surface area contributed by atoms with E-state index < -0.39 is 0 Å². The third-order valence-electron chi connectivity index (χ3n) is 6.42. The second-order valence-corrected chi connectivity index (χ2v) is 8.48. The van der Waals surface area contributed by atoms with Crippen LogP contribution in [0.25, 0.3) is 11.0 Å². The molecule has 3 heterocycles. The van der Waals surface area contributed by atoms with Crippen LogP contribution in [0.4, 0.5) is 5.69 Å². The summed E-state index contributed by atoms with van der Waals surface area (Å²) < 4.78 is 11.3. The molecule has 0 radical (unpaired) electrons. The number of furan rings is 1. The quantitative estimate of drug-likeness (QED) is 0.609. The molecule has 1 aromatic carbocycles. The number of rotatable bonds is 6. The Hall–Kier alpha value is -3.06. The highest BCUT2D eigenvalue weighted by Crippen LogP contribution is 2.34. The van der Waals surface area contributed by atoms with Crippen LogP contribution in [0.3, 0.4) is 0 Å². The molecule has 170 valence electrons. The summed E-state index contributed by atoms with van der Waals surface area (Å²) in [6, 6.07) is 6.14. The largest absolute Gasteiger partial charge is 0.464 e. The highest BCUT2D eigenvalue weighted by molar-refractivity contribution is 6.09. The number of hydrogen-bond donors (Lipinski definition) is 2. The molecule has 1 aliphatic rings. The Bertz CT molecular complexity index is 1190. The number of H-pyrrole nitrogens is 1. The molecule has 0 spiro atoms. The fraction of sp³-hybridized carbons (Fsp3) is 0.440. The van der Waals surface area contributed by atoms with Crippen LogP contribution in [0, 0.1) is 20.8 Å². The van der Waals surface area contributed by atoms with E-state index >= 15 is 0 Å². The van der Waals surface area contributed by atoms with Crippen LogP contribution in [0.2, 0.25) is 0 Å². The van der Waals surface area contributed by atoms with E-state index in [2.05, 4.69) is 22.1 Å². The van der Waals surface area contributed by atoms with Crippen molar-refractivity contribution in [2.24, 2.45) is 0 Å². The second kappa shape index (κ2) is 9.20. The van der Waals surface area contributed by atoms with Crippen molar-refractivity contribution >= 4 is 22.6 Å². The van der Waals surface area contributed by atoms with Gasteiger partial charge in [-0.25, -0.2) is 0 Å². The summed E-state index contributed by atoms with van der Waals surface area (Å²) in [6.45, 7) is 10.4. The molecular weight excluding hydrogens is 406 g/mol. The maximum atomic E-state index is 13.4. The average molecular weight is 438 g/mol. The number of ether oxygens (including phenoxy) is 1. The number of fused-ring (bicyclic) bond motifs is 1. The van der Waals surface area contributed by atoms with Crippen molar-refractivity contribution in [3.63, 3.8) is 0 Å². The van der Waals surface area contributed by atoms with Gasteiger partial charge in [-0.1, -0.05) is 0 Å². The lowest BCUT2D eigenvalue weighted by molar-refractivity contribution is 0.0846. The predicted octanol–water partition coefficient (Wildman–Crippen LogP) is 3.98. The number of aromatic amines is 1. The summed E-state index contributed by atoms with van der Waals surface area (Å²) in [7, 11) is 0. The van der Waals surface area contributed by atoms with E-state index in [9.17, 15) is 9.59 Å². The van der Waals surface area contributed by atoms with Gasteiger partial charge in [0.25, 0.3) is 11.5 Å². The van der Waals surface area contributed by atoms with Crippen molar-refractivity contribution < 1.29 is 13.9 Å². The average Bonchev–Trinajstić information content (AvgIpc) is 3.22. The molecule has 4 rings (SSSR count). The minimum Gasteiger partial charge on any atom is -0.464 e. The molecule has 0 atom stereocenters. The van der Waals surface area contributed by atoms with Crippen molar-refractivity contribution in [1.29, 1.82) is 0 Å². The standard InChI is InChI=1S/C25H31N3O4/c1-5-28(18-6-9-31-10-7-18)21-13-22-19(8-11-32-22)23(17(21)4)25(30)26-14-20-15(2)12-16(3)27-24(20)29/h8,11-13,18H,5-7,9-10,14H2,1-4H3,(H,26,30)(H,27,29). The first kappa shape index (κ1) is 22.1. The summed E-state index contributed by atoms with van der Waals surface area (Å²) >= 11 is 0. The van der Waals surface area contributed by atoms with Gasteiger partial charge in [-0.15, -0.1) is 0 Å². The number of hydrogen-bond acceptors (Lipinski definition) is 5. The maximum absolute atomic E-state index is 13.4. The van der Waals surface area contributed by atoms with Gasteiger partial charge in [0.2, 0.25) is 0 Å². The van der Waals surface area contributed by atoms with Crippen LogP contribution >= 0.6 is 0 Å². The van der Waals surface area contributed by atoms with Crippen LogP contribution in [-0.4, -0.2) is 36.7 Å². The number of carbonyl (C=O) groups excluding carboxylic acids is 1. The normalized spacial score (nSPS) is 14.6. The number of nitrogens with zero attached hydrogens (tertiary/aromatic N) is 1. The molecule has 7 nitrogen and oxygen atoms in total. The molecule has 1 aliphatic heterocycles. The predicted molar refractivity (Wildman–Crippen MR) is 126 cm³/mol. The number of carbonyl (C=O) groups is 1. The van der Waals surface area contributed by atoms with Gasteiger partial charge in [0.05, 0.1) is 11.8 Å². The number of aryl methyl sites for hydroxylation is 2. The molecular formula is C25H31N3O4. The minimum absolute atomic E-state index is 0.167. The zero-order chi connectivity index (χ0) is 22.8. The van der Waals surface area contributed by atoms with Crippen LogP contribution in [0.5, 0.6) is 0 Å². The van der Waals surface area contributed by atoms with Crippen LogP contribution in [0.15, 0.2) is 33.7 Å². The first-order valence-electron chi connectivity index (χ1n) is 11.2. The SMILES string of the molecule is CCN(c1cc2occc2c(C(=O)NCc2c(C)cc(C)[nH]c2=O)c1C)C1CCOCC1. The molecule has 3 aromatic rings. The smallest absolute Gasteiger partial charge is 0.253 e. The number of aromatic nitrogens is 1. The van der Waals surface area contributed by atoms with Gasteiger partial charge in [0, 0.05) is 60.7 Å². The Balaban J connectivity index is 1.69. The number of nitrogens with one attached hydrogen (secondary N) is 2. The molecule has 0 saturated carbocycles. The molecule has 2 N–H and O–H groups in total. The third kappa shape index (κ3) is 4.17. The molecule has 1 amide bonds. The second-order valence-electron chi connectivity index (χ2n) is 8.48. The van der Waals surface area contributed by atoms with Crippen molar-refractivity contribution in [2.75, 3.05) is 24.7 Å². The lowest BCUT2D eigenvalue weighted by atomic mass is 9.98. The van der Waals surface area contributed by atoms with Gasteiger partial charge in [0.1, 0.15) is 5.58 Å². The van der Waals surface area contributed by atoms with E-state index in [0.29, 0.717) is 22.8 Å². The van der Waals surface area contributed by atoms with E-state index in [1.165, 1.54) is 0 Å². The van der Waals surface area contributed by atoms with E-state index in [1.807, 2.05) is 39.0 Å². The first-order chi connectivity index (χ1) is 15.4. The molecule has 2 aromatic heterocycles. The van der Waals surface area contributed by atoms with Crippen LogP contribution < -0.4 is 15.8 Å². The first-order valence-corrected chi connectivity index (χ1v) is 11.2. The van der Waals surface area contributed by atoms with Crippen molar-refractivity contribution in [3.8, 4) is 0 Å². The highest BCUT2D eigenvalue weighted by atomic mass is 16.5. The van der Waals surface area contributed by atoms with E-state index in [4.69, 9.17) is 9.15 Å². The summed E-state index contributed by atoms with van der Waals surface area (Å²) in [5, 5.41) is 3.74. The summed E-state index contributed by atoms with van der Waals surface area (Å²) in [5.41, 5.74) is 5.28. The van der Waals surface area contributed by atoms with Gasteiger partial charge in [-0.3, -0.25) is 9.59 Å². The monoisotopic (exact) mass is 437 g/mol. The molecule has 0 bridgehead atoms. The fourth-order valence-corrected chi connectivity index (χ4v) is 4.77. The van der Waals surface area contributed by atoms with E-state index in [0.717, 1.165) is 60.5 Å². The zero-order valence-electron chi connectivity index (χ0n) is 19.2. The van der Waals surface area contributed by atoms with Gasteiger partial charge in [0.15, 0.2) is 0 Å². The Morgan fingerprint density at radius 1 is 1.22 bits per heavy atom. The molecule has 0 aliphatic carbocycles. The summed E-state index contributed by atoms with van der Waals surface area (Å²) in [4.78, 5) is 30.9. The van der Waals surface area contributed by atoms with Crippen LogP contribution in [-0.2, 0) is 11.3 Å². The van der Waals surface area contributed by atoms with Gasteiger partial charge >= 0.3 is 0 Å². The number of pyridine rings is 1. The topological polar surface area (TPSA) is 87.6 Å². The van der Waals surface area contributed by atoms with Gasteiger partial charge in [-0.2, -0.15) is 0 Å². The Morgan fingerprint density at radius 2 is 1.97 bits per heavy atom. The van der Waals surface area contributed by atoms with E-state index in [-0.39, 0.29) is 18.0 Å². The third-order valence-corrected chi connectivity index (χ3v) is 6.42. The maximum Gasteiger partial charge on any atom is 0.253 e. The zero-order valence-corrected chi connectivity index (χ0v) is 19.2. The van der Waals surface area contributed by atoms with Crippen molar-refractivity contribution in [3.05, 3.63) is 62.8 Å². The van der Waals surface area contributed by atoms with Crippen LogP contribution in [0.1, 0.15) is 52.5 Å². The Labute approximate surface area is 187 Å². The molecule has 32 heavy (non-hydrogen) atoms. The lowest BCUT2D eigenvalue weighted by Crippen LogP contribution is -2.40. The molecule has 0 unspecified atom stereocenters. The Morgan fingerprint density at radius 3 is 2.66 bits per heavy atom. The van der Waals surface area contributed by atoms with Gasteiger partial charge < -0.3 is 24.4 Å². The molecule has 1 fully saturated rings. The fourth-order valence-electron chi connectivity index (χ4n) is 4.77. The summed E-state index contributed by atoms with van der Waals surface area (Å²) in [5.74, 6) is -0.210. The lowest BCUT2D eigenvalue weighted by Gasteiger charge is -2.36. The number of amides is 1. The number of anilines is 1. The number of benzene rings is 1. The molecule has 7 heteroatoms.